The number of para-hydroxylation sites is 2. The van der Waals surface area contributed by atoms with Crippen LogP contribution in [-0.2, 0) is 11.2 Å². The van der Waals surface area contributed by atoms with Gasteiger partial charge < -0.3 is 30.3 Å². The van der Waals surface area contributed by atoms with Crippen LogP contribution in [0, 0.1) is 0 Å². The van der Waals surface area contributed by atoms with Gasteiger partial charge in [0, 0.05) is 12.6 Å². The summed E-state index contributed by atoms with van der Waals surface area (Å²) >= 11 is 0. The molecular formula is C20H24N2O5. The molecule has 0 spiro atoms. The summed E-state index contributed by atoms with van der Waals surface area (Å²) in [5.74, 6) is 0.923. The van der Waals surface area contributed by atoms with E-state index in [1.807, 2.05) is 25.1 Å². The van der Waals surface area contributed by atoms with Crippen molar-refractivity contribution in [2.75, 3.05) is 25.1 Å². The average Bonchev–Trinajstić information content (AvgIpc) is 2.65. The molecule has 0 bridgehead atoms. The normalized spacial score (nSPS) is 15.3. The Labute approximate surface area is 157 Å². The Balaban J connectivity index is 1.44. The zero-order valence-electron chi connectivity index (χ0n) is 15.1. The molecule has 144 valence electrons. The third kappa shape index (κ3) is 5.35. The molecule has 0 aromatic heterocycles. The number of amides is 1. The molecule has 2 aromatic carbocycles. The number of ether oxygens (including phenoxy) is 2. The molecule has 27 heavy (non-hydrogen) atoms. The topological polar surface area (TPSA) is 100 Å². The Hall–Kier alpha value is -2.77. The first-order valence-electron chi connectivity index (χ1n) is 8.89. The number of fused-ring (bicyclic) bond motifs is 1. The second-order valence-electron chi connectivity index (χ2n) is 6.61. The number of phenolic OH excluding ortho intramolecular Hbond substituents is 1. The fourth-order valence-electron chi connectivity index (χ4n) is 2.84. The molecule has 1 heterocycles. The molecule has 2 unspecified atom stereocenters. The highest BCUT2D eigenvalue weighted by atomic mass is 16.5. The van der Waals surface area contributed by atoms with E-state index in [0.29, 0.717) is 23.7 Å². The van der Waals surface area contributed by atoms with Crippen LogP contribution >= 0.6 is 0 Å². The van der Waals surface area contributed by atoms with Crippen molar-refractivity contribution >= 4 is 11.6 Å². The number of hydrogen-bond acceptors (Lipinski definition) is 6. The first-order chi connectivity index (χ1) is 13.0. The van der Waals surface area contributed by atoms with Crippen LogP contribution < -0.4 is 20.1 Å². The maximum atomic E-state index is 11.4. The lowest BCUT2D eigenvalue weighted by Crippen LogP contribution is -2.37. The summed E-state index contributed by atoms with van der Waals surface area (Å²) < 4.78 is 10.8. The van der Waals surface area contributed by atoms with E-state index in [0.717, 1.165) is 12.0 Å². The van der Waals surface area contributed by atoms with E-state index < -0.39 is 6.10 Å². The molecule has 0 saturated carbocycles. The van der Waals surface area contributed by atoms with Crippen LogP contribution in [0.2, 0.25) is 0 Å². The Morgan fingerprint density at radius 2 is 2.11 bits per heavy atom. The predicted octanol–water partition coefficient (Wildman–Crippen LogP) is 1.68. The zero-order valence-corrected chi connectivity index (χ0v) is 15.1. The number of aliphatic hydroxyl groups excluding tert-OH is 1. The van der Waals surface area contributed by atoms with Gasteiger partial charge in [0.2, 0.25) is 0 Å². The van der Waals surface area contributed by atoms with E-state index in [9.17, 15) is 15.0 Å². The summed E-state index contributed by atoms with van der Waals surface area (Å²) in [4.78, 5) is 11.4. The molecule has 1 amide bonds. The number of hydrogen-bond donors (Lipinski definition) is 4. The number of aromatic hydroxyl groups is 1. The summed E-state index contributed by atoms with van der Waals surface area (Å²) in [5.41, 5.74) is 1.74. The quantitative estimate of drug-likeness (QED) is 0.563. The maximum Gasteiger partial charge on any atom is 0.262 e. The van der Waals surface area contributed by atoms with E-state index in [1.165, 1.54) is 6.07 Å². The number of anilines is 1. The van der Waals surface area contributed by atoms with Crippen molar-refractivity contribution < 1.29 is 24.5 Å². The second-order valence-corrected chi connectivity index (χ2v) is 6.61. The molecule has 7 nitrogen and oxygen atoms in total. The van der Waals surface area contributed by atoms with Gasteiger partial charge in [-0.3, -0.25) is 4.79 Å². The van der Waals surface area contributed by atoms with Crippen molar-refractivity contribution in [3.05, 3.63) is 48.0 Å². The molecule has 1 aliphatic rings. The minimum atomic E-state index is -0.705. The van der Waals surface area contributed by atoms with Crippen molar-refractivity contribution in [1.82, 2.24) is 5.32 Å². The van der Waals surface area contributed by atoms with E-state index in [4.69, 9.17) is 9.47 Å². The molecule has 1 aliphatic heterocycles. The lowest BCUT2D eigenvalue weighted by Gasteiger charge is -2.20. The van der Waals surface area contributed by atoms with Crippen LogP contribution in [0.15, 0.2) is 42.5 Å². The predicted molar refractivity (Wildman–Crippen MR) is 101 cm³/mol. The lowest BCUT2D eigenvalue weighted by molar-refractivity contribution is -0.118. The summed E-state index contributed by atoms with van der Waals surface area (Å²) in [6, 6.07) is 12.5. The molecule has 7 heteroatoms. The first-order valence-corrected chi connectivity index (χ1v) is 8.89. The highest BCUT2D eigenvalue weighted by molar-refractivity contribution is 5.95. The minimum absolute atomic E-state index is 0.0466. The Morgan fingerprint density at radius 3 is 2.93 bits per heavy atom. The van der Waals surface area contributed by atoms with Crippen molar-refractivity contribution in [1.29, 1.82) is 0 Å². The van der Waals surface area contributed by atoms with Gasteiger partial charge >= 0.3 is 0 Å². The van der Waals surface area contributed by atoms with Crippen molar-refractivity contribution in [2.45, 2.75) is 25.5 Å². The molecule has 4 N–H and O–H groups in total. The maximum absolute atomic E-state index is 11.4. The standard InChI is InChI=1S/C20H24N2O5/c1-13(8-14-6-7-18-16(9-14)22-20(25)12-27-18)21-10-15(23)11-26-19-5-3-2-4-17(19)24/h2-7,9,13,15,21,23-24H,8,10-12H2,1H3,(H,22,25). The SMILES string of the molecule is CC(Cc1ccc2c(c1)NC(=O)CO2)NCC(O)COc1ccccc1O. The van der Waals surface area contributed by atoms with Gasteiger partial charge in [-0.2, -0.15) is 0 Å². The summed E-state index contributed by atoms with van der Waals surface area (Å²) in [6.07, 6.45) is 0.0270. The highest BCUT2D eigenvalue weighted by Gasteiger charge is 2.17. The Kier molecular flexibility index (Phi) is 6.16. The first kappa shape index (κ1) is 19.0. The minimum Gasteiger partial charge on any atom is -0.504 e. The molecule has 2 aromatic rings. The Bertz CT molecular complexity index is 796. The van der Waals surface area contributed by atoms with Crippen LogP contribution in [0.4, 0.5) is 5.69 Å². The fourth-order valence-corrected chi connectivity index (χ4v) is 2.84. The van der Waals surface area contributed by atoms with E-state index >= 15 is 0 Å². The van der Waals surface area contributed by atoms with Crippen molar-refractivity contribution in [2.24, 2.45) is 0 Å². The van der Waals surface area contributed by atoms with E-state index in [1.54, 1.807) is 18.2 Å². The second kappa shape index (κ2) is 8.75. The highest BCUT2D eigenvalue weighted by Crippen LogP contribution is 2.29. The van der Waals surface area contributed by atoms with Gasteiger partial charge in [-0.15, -0.1) is 0 Å². The zero-order chi connectivity index (χ0) is 19.2. The number of phenols is 1. The summed E-state index contributed by atoms with van der Waals surface area (Å²) in [7, 11) is 0. The molecule has 0 aliphatic carbocycles. The van der Waals surface area contributed by atoms with Gasteiger partial charge in [0.15, 0.2) is 18.1 Å². The third-order valence-electron chi connectivity index (χ3n) is 4.22. The largest absolute Gasteiger partial charge is 0.504 e. The van der Waals surface area contributed by atoms with Gasteiger partial charge in [-0.1, -0.05) is 18.2 Å². The van der Waals surface area contributed by atoms with Gasteiger partial charge in [0.1, 0.15) is 18.5 Å². The molecular weight excluding hydrogens is 348 g/mol. The van der Waals surface area contributed by atoms with Gasteiger partial charge in [0.05, 0.1) is 5.69 Å². The number of benzene rings is 2. The molecule has 0 radical (unpaired) electrons. The summed E-state index contributed by atoms with van der Waals surface area (Å²) in [5, 5.41) is 25.8. The molecule has 3 rings (SSSR count). The van der Waals surface area contributed by atoms with Gasteiger partial charge in [-0.25, -0.2) is 0 Å². The van der Waals surface area contributed by atoms with Crippen molar-refractivity contribution in [3.63, 3.8) is 0 Å². The molecule has 0 fully saturated rings. The van der Waals surface area contributed by atoms with Gasteiger partial charge in [-0.05, 0) is 43.2 Å². The van der Waals surface area contributed by atoms with Crippen LogP contribution in [0.1, 0.15) is 12.5 Å². The fraction of sp³-hybridized carbons (Fsp3) is 0.350. The van der Waals surface area contributed by atoms with Crippen LogP contribution in [0.5, 0.6) is 17.2 Å². The number of carbonyl (C=O) groups is 1. The number of nitrogens with one attached hydrogen (secondary N) is 2. The van der Waals surface area contributed by atoms with E-state index in [-0.39, 0.29) is 30.9 Å². The number of rotatable bonds is 8. The number of carbonyl (C=O) groups excluding carboxylic acids is 1. The monoisotopic (exact) mass is 372 g/mol. The van der Waals surface area contributed by atoms with Crippen molar-refractivity contribution in [3.8, 4) is 17.2 Å². The van der Waals surface area contributed by atoms with Crippen LogP contribution in [0.25, 0.3) is 0 Å². The van der Waals surface area contributed by atoms with Crippen LogP contribution in [0.3, 0.4) is 0 Å². The van der Waals surface area contributed by atoms with E-state index in [2.05, 4.69) is 10.6 Å². The third-order valence-corrected chi connectivity index (χ3v) is 4.22. The molecule has 2 atom stereocenters. The number of aliphatic hydroxyl groups is 1. The van der Waals surface area contributed by atoms with Gasteiger partial charge in [0.25, 0.3) is 5.91 Å². The molecule has 0 saturated heterocycles. The average molecular weight is 372 g/mol. The van der Waals surface area contributed by atoms with Crippen LogP contribution in [-0.4, -0.2) is 48.0 Å². The lowest BCUT2D eigenvalue weighted by atomic mass is 10.1. The Morgan fingerprint density at radius 1 is 1.30 bits per heavy atom. The smallest absolute Gasteiger partial charge is 0.262 e. The summed E-state index contributed by atoms with van der Waals surface area (Å²) in [6.45, 7) is 2.51.